The number of aromatic nitrogens is 1. The summed E-state index contributed by atoms with van der Waals surface area (Å²) in [7, 11) is -3.64. The van der Waals surface area contributed by atoms with Crippen molar-refractivity contribution < 1.29 is 8.42 Å². The predicted molar refractivity (Wildman–Crippen MR) is 82.8 cm³/mol. The Morgan fingerprint density at radius 3 is 2.52 bits per heavy atom. The van der Waals surface area contributed by atoms with Gasteiger partial charge in [0.25, 0.3) is 10.0 Å². The minimum atomic E-state index is -3.64. The third-order valence-corrected chi connectivity index (χ3v) is 5.38. The zero-order valence-corrected chi connectivity index (χ0v) is 13.4. The first-order valence-electron chi connectivity index (χ1n) is 6.41. The average Bonchev–Trinajstić information content (AvgIpc) is 2.79. The lowest BCUT2D eigenvalue weighted by atomic mass is 10.2. The second-order valence-electron chi connectivity index (χ2n) is 4.46. The molecule has 21 heavy (non-hydrogen) atoms. The van der Waals surface area contributed by atoms with E-state index in [-0.39, 0.29) is 11.3 Å². The maximum atomic E-state index is 12.3. The molecule has 5 nitrogen and oxygen atoms in total. The van der Waals surface area contributed by atoms with Crippen LogP contribution in [0.3, 0.4) is 0 Å². The Balaban J connectivity index is 2.23. The third kappa shape index (κ3) is 3.60. The highest BCUT2D eigenvalue weighted by Gasteiger charge is 2.17. The van der Waals surface area contributed by atoms with Gasteiger partial charge in [-0.15, -0.1) is 11.3 Å². The standard InChI is InChI=1S/C14H15N3O2S2/c1-3-13-10(2)20-14(16-13)17-21(18,19)12-6-4-11(5-7-12)8-9-15/h4-7H,3,8H2,1-2H3,(H,16,17). The van der Waals surface area contributed by atoms with Crippen LogP contribution >= 0.6 is 11.3 Å². The van der Waals surface area contributed by atoms with Crippen LogP contribution in [0.25, 0.3) is 0 Å². The van der Waals surface area contributed by atoms with E-state index in [1.165, 1.54) is 23.5 Å². The van der Waals surface area contributed by atoms with Crippen molar-refractivity contribution in [2.75, 3.05) is 4.72 Å². The molecule has 0 bridgehead atoms. The number of sulfonamides is 1. The summed E-state index contributed by atoms with van der Waals surface area (Å²) in [6.07, 6.45) is 1.03. The minimum Gasteiger partial charge on any atom is -0.255 e. The van der Waals surface area contributed by atoms with E-state index in [2.05, 4.69) is 9.71 Å². The predicted octanol–water partition coefficient (Wildman–Crippen LogP) is 2.88. The molecule has 2 aromatic rings. The van der Waals surface area contributed by atoms with Gasteiger partial charge in [-0.3, -0.25) is 4.72 Å². The van der Waals surface area contributed by atoms with Crippen LogP contribution < -0.4 is 4.72 Å². The van der Waals surface area contributed by atoms with Gasteiger partial charge >= 0.3 is 0 Å². The largest absolute Gasteiger partial charge is 0.263 e. The molecule has 0 amide bonds. The molecule has 2 rings (SSSR count). The summed E-state index contributed by atoms with van der Waals surface area (Å²) in [6, 6.07) is 8.30. The molecule has 0 saturated heterocycles. The molecule has 1 N–H and O–H groups in total. The fourth-order valence-corrected chi connectivity index (χ4v) is 3.99. The van der Waals surface area contributed by atoms with Gasteiger partial charge in [-0.2, -0.15) is 5.26 Å². The SMILES string of the molecule is CCc1nc(NS(=O)(=O)c2ccc(CC#N)cc2)sc1C. The molecule has 1 aromatic carbocycles. The second-order valence-corrected chi connectivity index (χ2v) is 7.35. The van der Waals surface area contributed by atoms with Crippen molar-refractivity contribution in [3.63, 3.8) is 0 Å². The zero-order valence-electron chi connectivity index (χ0n) is 11.8. The van der Waals surface area contributed by atoms with Crippen molar-refractivity contribution in [1.82, 2.24) is 4.98 Å². The fraction of sp³-hybridized carbons (Fsp3) is 0.286. The highest BCUT2D eigenvalue weighted by Crippen LogP contribution is 2.25. The van der Waals surface area contributed by atoms with E-state index in [4.69, 9.17) is 5.26 Å². The van der Waals surface area contributed by atoms with E-state index < -0.39 is 10.0 Å². The fourth-order valence-electron chi connectivity index (χ4n) is 1.85. The first kappa shape index (κ1) is 15.5. The number of rotatable bonds is 5. The average molecular weight is 321 g/mol. The van der Waals surface area contributed by atoms with E-state index in [1.54, 1.807) is 12.1 Å². The molecule has 7 heteroatoms. The molecule has 0 saturated carbocycles. The lowest BCUT2D eigenvalue weighted by Crippen LogP contribution is -2.12. The van der Waals surface area contributed by atoms with Crippen molar-refractivity contribution in [3.05, 3.63) is 40.4 Å². The monoisotopic (exact) mass is 321 g/mol. The highest BCUT2D eigenvalue weighted by atomic mass is 32.2. The molecule has 0 radical (unpaired) electrons. The molecule has 1 aromatic heterocycles. The van der Waals surface area contributed by atoms with Crippen LogP contribution in [0, 0.1) is 18.3 Å². The van der Waals surface area contributed by atoms with Crippen LogP contribution in [0.2, 0.25) is 0 Å². The maximum absolute atomic E-state index is 12.3. The van der Waals surface area contributed by atoms with Crippen LogP contribution in [-0.2, 0) is 22.9 Å². The van der Waals surface area contributed by atoms with Crippen LogP contribution in [0.5, 0.6) is 0 Å². The quantitative estimate of drug-likeness (QED) is 0.918. The number of aryl methyl sites for hydroxylation is 2. The van der Waals surface area contributed by atoms with Gasteiger partial charge in [0.15, 0.2) is 5.13 Å². The van der Waals surface area contributed by atoms with Gasteiger partial charge < -0.3 is 0 Å². The molecule has 0 atom stereocenters. The van der Waals surface area contributed by atoms with Gasteiger partial charge in [0.05, 0.1) is 23.1 Å². The number of hydrogen-bond donors (Lipinski definition) is 1. The molecule has 110 valence electrons. The van der Waals surface area contributed by atoms with Crippen LogP contribution in [0.1, 0.15) is 23.1 Å². The van der Waals surface area contributed by atoms with Gasteiger partial charge in [-0.1, -0.05) is 19.1 Å². The summed E-state index contributed by atoms with van der Waals surface area (Å²) in [6.45, 7) is 3.90. The number of hydrogen-bond acceptors (Lipinski definition) is 5. The third-order valence-electron chi connectivity index (χ3n) is 2.97. The summed E-state index contributed by atoms with van der Waals surface area (Å²) >= 11 is 1.33. The Bertz CT molecular complexity index is 772. The summed E-state index contributed by atoms with van der Waals surface area (Å²) in [5, 5.41) is 8.99. The van der Waals surface area contributed by atoms with E-state index in [1.807, 2.05) is 19.9 Å². The lowest BCUT2D eigenvalue weighted by Gasteiger charge is -2.05. The maximum Gasteiger partial charge on any atom is 0.263 e. The molecule has 0 unspecified atom stereocenters. The molecular formula is C14H15N3O2S2. The topological polar surface area (TPSA) is 82.8 Å². The Hall–Kier alpha value is -1.91. The van der Waals surface area contributed by atoms with Crippen molar-refractivity contribution in [3.8, 4) is 6.07 Å². The number of anilines is 1. The highest BCUT2D eigenvalue weighted by molar-refractivity contribution is 7.93. The van der Waals surface area contributed by atoms with E-state index in [0.717, 1.165) is 22.6 Å². The molecule has 0 aliphatic heterocycles. The molecule has 0 fully saturated rings. The number of benzene rings is 1. The van der Waals surface area contributed by atoms with Gasteiger partial charge in [0.1, 0.15) is 0 Å². The Kier molecular flexibility index (Phi) is 4.60. The number of nitriles is 1. The Morgan fingerprint density at radius 2 is 2.00 bits per heavy atom. The molecule has 0 aliphatic rings. The minimum absolute atomic E-state index is 0.162. The summed E-state index contributed by atoms with van der Waals surface area (Å²) in [5.41, 5.74) is 1.69. The van der Waals surface area contributed by atoms with Gasteiger partial charge in [0, 0.05) is 4.88 Å². The molecule has 0 spiro atoms. The Labute approximate surface area is 128 Å². The lowest BCUT2D eigenvalue weighted by molar-refractivity contribution is 0.601. The first-order valence-corrected chi connectivity index (χ1v) is 8.71. The van der Waals surface area contributed by atoms with Crippen molar-refractivity contribution in [1.29, 1.82) is 5.26 Å². The Morgan fingerprint density at radius 1 is 1.33 bits per heavy atom. The summed E-state index contributed by atoms with van der Waals surface area (Å²) in [4.78, 5) is 5.45. The molecule has 0 aliphatic carbocycles. The first-order chi connectivity index (χ1) is 9.96. The zero-order chi connectivity index (χ0) is 15.5. The second kappa shape index (κ2) is 6.24. The van der Waals surface area contributed by atoms with Gasteiger partial charge in [-0.25, -0.2) is 13.4 Å². The molecule has 1 heterocycles. The van der Waals surface area contributed by atoms with Crippen LogP contribution in [0.15, 0.2) is 29.2 Å². The number of nitrogens with zero attached hydrogens (tertiary/aromatic N) is 2. The smallest absolute Gasteiger partial charge is 0.255 e. The van der Waals surface area contributed by atoms with Crippen molar-refractivity contribution in [2.45, 2.75) is 31.6 Å². The summed E-state index contributed by atoms with van der Waals surface area (Å²) < 4.78 is 27.0. The van der Waals surface area contributed by atoms with Crippen molar-refractivity contribution >= 4 is 26.5 Å². The summed E-state index contributed by atoms with van der Waals surface area (Å²) in [5.74, 6) is 0. The van der Waals surface area contributed by atoms with Crippen LogP contribution in [-0.4, -0.2) is 13.4 Å². The van der Waals surface area contributed by atoms with E-state index in [0.29, 0.717) is 5.13 Å². The van der Waals surface area contributed by atoms with E-state index in [9.17, 15) is 8.42 Å². The number of nitrogens with one attached hydrogen (secondary N) is 1. The van der Waals surface area contributed by atoms with Gasteiger partial charge in [-0.05, 0) is 31.0 Å². The number of thiazole rings is 1. The van der Waals surface area contributed by atoms with Crippen LogP contribution in [0.4, 0.5) is 5.13 Å². The van der Waals surface area contributed by atoms with Crippen molar-refractivity contribution in [2.24, 2.45) is 0 Å². The normalized spacial score (nSPS) is 11.1. The molecular weight excluding hydrogens is 306 g/mol. The van der Waals surface area contributed by atoms with E-state index >= 15 is 0 Å². The van der Waals surface area contributed by atoms with Gasteiger partial charge in [0.2, 0.25) is 0 Å².